The van der Waals surface area contributed by atoms with E-state index in [2.05, 4.69) is 15.6 Å². The smallest absolute Gasteiger partial charge is 0.250 e. The third-order valence-electron chi connectivity index (χ3n) is 11.2. The molecule has 15 N–H and O–H groups in total. The number of aliphatic hydroxyl groups is 7. The largest absolute Gasteiger partial charge is 0.388 e. The van der Waals surface area contributed by atoms with E-state index < -0.39 is 97.1 Å². The van der Waals surface area contributed by atoms with Crippen molar-refractivity contribution in [2.45, 2.75) is 124 Å². The van der Waals surface area contributed by atoms with Crippen molar-refractivity contribution in [1.29, 1.82) is 0 Å². The van der Waals surface area contributed by atoms with Gasteiger partial charge in [0.1, 0.15) is 66.6 Å². The van der Waals surface area contributed by atoms with E-state index >= 15 is 0 Å². The summed E-state index contributed by atoms with van der Waals surface area (Å²) in [6, 6.07) is 7.80. The highest BCUT2D eigenvalue weighted by Crippen LogP contribution is 2.35. The number of benzene rings is 2. The van der Waals surface area contributed by atoms with E-state index in [0.29, 0.717) is 26.6 Å². The molecule has 20 nitrogen and oxygen atoms in total. The van der Waals surface area contributed by atoms with Gasteiger partial charge in [0, 0.05) is 62.7 Å². The van der Waals surface area contributed by atoms with Gasteiger partial charge in [0.2, 0.25) is 5.91 Å². The molecule has 0 radical (unpaired) electrons. The Labute approximate surface area is 389 Å². The molecule has 1 amide bonds. The summed E-state index contributed by atoms with van der Waals surface area (Å²) in [6.07, 6.45) is -11.3. The summed E-state index contributed by atoms with van der Waals surface area (Å²) in [5.74, 6) is -0.857. The second kappa shape index (κ2) is 23.6. The van der Waals surface area contributed by atoms with Crippen LogP contribution < -0.4 is 27.8 Å². The van der Waals surface area contributed by atoms with E-state index in [4.69, 9.17) is 87.3 Å². The van der Waals surface area contributed by atoms with Crippen LogP contribution in [0.3, 0.4) is 0 Å². The Morgan fingerprint density at radius 3 is 2.27 bits per heavy atom. The van der Waals surface area contributed by atoms with Gasteiger partial charge in [-0.2, -0.15) is 0 Å². The molecule has 64 heavy (non-hydrogen) atoms. The summed E-state index contributed by atoms with van der Waals surface area (Å²) in [5, 5.41) is 80.8. The number of ether oxygens (including phenoxy) is 5. The minimum absolute atomic E-state index is 0.0836. The van der Waals surface area contributed by atoms with Gasteiger partial charge >= 0.3 is 0 Å². The average Bonchev–Trinajstić information content (AvgIpc) is 3.77. The fourth-order valence-electron chi connectivity index (χ4n) is 7.67. The Bertz CT molecular complexity index is 1920. The number of likely N-dealkylation sites (N-methyl/N-ethyl adjacent to an activating group) is 1. The lowest BCUT2D eigenvalue weighted by Gasteiger charge is -2.49. The molecular weight excluding hydrogens is 928 g/mol. The number of imidazole rings is 1. The van der Waals surface area contributed by atoms with Crippen molar-refractivity contribution < 1.29 is 64.2 Å². The van der Waals surface area contributed by atoms with E-state index in [-0.39, 0.29) is 38.8 Å². The van der Waals surface area contributed by atoms with Gasteiger partial charge in [-0.3, -0.25) is 4.79 Å². The second-order valence-electron chi connectivity index (χ2n) is 15.9. The first-order valence-corrected chi connectivity index (χ1v) is 21.8. The zero-order valence-electron chi connectivity index (χ0n) is 34.8. The lowest BCUT2D eigenvalue weighted by molar-refractivity contribution is -0.330. The van der Waals surface area contributed by atoms with Gasteiger partial charge in [0.05, 0.1) is 38.2 Å². The Kier molecular flexibility index (Phi) is 19.4. The average molecular weight is 986 g/mol. The number of hydrogen-bond acceptors (Lipinski definition) is 18. The van der Waals surface area contributed by atoms with Crippen LogP contribution in [0.25, 0.3) is 0 Å². The molecule has 1 aromatic heterocycles. The number of aliphatic hydroxyl groups excluding tert-OH is 6. The van der Waals surface area contributed by atoms with Gasteiger partial charge in [0.25, 0.3) is 0 Å². The van der Waals surface area contributed by atoms with Crippen molar-refractivity contribution in [2.75, 3.05) is 26.7 Å². The predicted octanol–water partition coefficient (Wildman–Crippen LogP) is -1.07. The molecule has 1 unspecified atom stereocenters. The van der Waals surface area contributed by atoms with Crippen molar-refractivity contribution in [2.24, 2.45) is 17.2 Å². The molecule has 24 heteroatoms. The molecule has 1 saturated carbocycles. The number of halogens is 4. The Balaban J connectivity index is 0.000000264. The maximum atomic E-state index is 12.4. The van der Waals surface area contributed by atoms with Crippen LogP contribution >= 0.6 is 46.4 Å². The van der Waals surface area contributed by atoms with Crippen LogP contribution in [0.1, 0.15) is 30.6 Å². The lowest BCUT2D eigenvalue weighted by atomic mass is 9.83. The summed E-state index contributed by atoms with van der Waals surface area (Å²) in [5.41, 5.74) is 17.3. The van der Waals surface area contributed by atoms with Gasteiger partial charge in [-0.1, -0.05) is 58.5 Å². The molecule has 358 valence electrons. The molecule has 0 bridgehead atoms. The molecule has 3 heterocycles. The number of rotatable bonds is 15. The SMILES string of the molecule is CN[C@@H]1[C@@H](O)[C@@H](O[C@@H]2[C@@H](O)[C@H](O[C@H]3O[C@H](CN)[C@@H](O)[C@H](O)[C@H]3O)[C@@H](N)C[C@H]2NC(=O)[C@@H](O)CN)OC[C@]1(C)O.Clc1ccc(C(Cn2ccnc2)OCc2c(Cl)cccc2Cl)c(Cl)c1. The summed E-state index contributed by atoms with van der Waals surface area (Å²) < 4.78 is 30.8. The first-order valence-electron chi connectivity index (χ1n) is 20.3. The summed E-state index contributed by atoms with van der Waals surface area (Å²) in [6.45, 7) is 1.44. The number of aromatic nitrogens is 2. The molecule has 3 fully saturated rings. The Morgan fingerprint density at radius 1 is 0.969 bits per heavy atom. The number of carbonyl (C=O) groups is 1. The van der Waals surface area contributed by atoms with Crippen molar-refractivity contribution in [3.05, 3.63) is 86.3 Å². The quantitative estimate of drug-likeness (QED) is 0.0863. The Morgan fingerprint density at radius 2 is 1.66 bits per heavy atom. The molecule has 16 atom stereocenters. The molecule has 2 aromatic carbocycles. The first-order chi connectivity index (χ1) is 30.3. The normalized spacial score (nSPS) is 34.0. The van der Waals surface area contributed by atoms with Gasteiger partial charge in [-0.05, 0) is 44.7 Å². The van der Waals surface area contributed by atoms with Crippen LogP contribution in [0, 0.1) is 0 Å². The van der Waals surface area contributed by atoms with Crippen LogP contribution in [-0.4, -0.2) is 169 Å². The minimum atomic E-state index is -1.72. The maximum absolute atomic E-state index is 12.4. The number of nitrogens with one attached hydrogen (secondary N) is 2. The molecule has 2 saturated heterocycles. The summed E-state index contributed by atoms with van der Waals surface area (Å²) >= 11 is 24.8. The highest BCUT2D eigenvalue weighted by Gasteiger charge is 2.53. The van der Waals surface area contributed by atoms with Crippen LogP contribution in [0.15, 0.2) is 55.1 Å². The summed E-state index contributed by atoms with van der Waals surface area (Å²) in [4.78, 5) is 16.5. The highest BCUT2D eigenvalue weighted by molar-refractivity contribution is 6.36. The number of amides is 1. The third kappa shape index (κ3) is 12.8. The molecule has 3 aliphatic rings. The van der Waals surface area contributed by atoms with Crippen molar-refractivity contribution >= 4 is 52.3 Å². The second-order valence-corrected chi connectivity index (χ2v) is 17.6. The zero-order chi connectivity index (χ0) is 47.0. The fourth-order valence-corrected chi connectivity index (χ4v) is 8.70. The molecule has 6 rings (SSSR count). The van der Waals surface area contributed by atoms with E-state index in [1.54, 1.807) is 42.9 Å². The zero-order valence-corrected chi connectivity index (χ0v) is 37.8. The highest BCUT2D eigenvalue weighted by atomic mass is 35.5. The molecule has 1 aliphatic carbocycles. The molecule has 0 spiro atoms. The van der Waals surface area contributed by atoms with Crippen molar-refractivity contribution in [3.63, 3.8) is 0 Å². The fraction of sp³-hybridized carbons (Fsp3) is 0.600. The van der Waals surface area contributed by atoms with E-state index in [1.165, 1.54) is 14.0 Å². The van der Waals surface area contributed by atoms with Crippen LogP contribution in [0.2, 0.25) is 20.1 Å². The first kappa shape index (κ1) is 52.6. The van der Waals surface area contributed by atoms with Gasteiger partial charge in [0.15, 0.2) is 12.6 Å². The van der Waals surface area contributed by atoms with Crippen LogP contribution in [0.5, 0.6) is 0 Å². The Hall–Kier alpha value is -2.36. The number of nitrogens with zero attached hydrogens (tertiary/aromatic N) is 2. The number of carbonyl (C=O) groups excluding carboxylic acids is 1. The van der Waals surface area contributed by atoms with Crippen molar-refractivity contribution in [3.8, 4) is 0 Å². The van der Waals surface area contributed by atoms with Crippen molar-refractivity contribution in [1.82, 2.24) is 20.2 Å². The number of hydrogen-bond donors (Lipinski definition) is 12. The molecule has 2 aliphatic heterocycles. The van der Waals surface area contributed by atoms with Gasteiger partial charge < -0.3 is 91.8 Å². The minimum Gasteiger partial charge on any atom is -0.388 e. The lowest BCUT2D eigenvalue weighted by Crippen LogP contribution is -2.70. The van der Waals surface area contributed by atoms with Crippen LogP contribution in [-0.2, 0) is 41.6 Å². The van der Waals surface area contributed by atoms with E-state index in [0.717, 1.165) is 11.1 Å². The van der Waals surface area contributed by atoms with Gasteiger partial charge in [-0.15, -0.1) is 0 Å². The van der Waals surface area contributed by atoms with Gasteiger partial charge in [-0.25, -0.2) is 4.98 Å². The predicted molar refractivity (Wildman–Crippen MR) is 233 cm³/mol. The third-order valence-corrected chi connectivity index (χ3v) is 12.5. The van der Waals surface area contributed by atoms with E-state index in [9.17, 15) is 40.5 Å². The summed E-state index contributed by atoms with van der Waals surface area (Å²) in [7, 11) is 1.52. The molecular formula is C40H57Cl4N7O13. The van der Waals surface area contributed by atoms with Crippen LogP contribution in [0.4, 0.5) is 0 Å². The number of nitrogens with two attached hydrogens (primary N) is 3. The topological polar surface area (TPSA) is 325 Å². The maximum Gasteiger partial charge on any atom is 0.250 e. The van der Waals surface area contributed by atoms with E-state index in [1.807, 2.05) is 16.8 Å². The molecule has 3 aromatic rings. The standard InChI is InChI=1S/C22H43N5O12.C18H14Cl4N2O/c1-22(35)6-36-20(15(33)18(22)26-2)39-17-8(27-19(34)9(28)4-23)3-7(25)16(14(17)32)38-21-13(31)12(30)11(29)10(5-24)37-21;19-12-4-5-13(17(22)8-12)18(9-24-7-6-23-11-24)25-10-14-15(20)2-1-3-16(14)21/h7-18,20-21,26,28-33,35H,3-6,23-25H2,1-2H3,(H,27,34);1-8,11,18H,9-10H2/t7-,8+,9-,10+,11+,12-,13+,14-,15+,16+,17-,18+,20+,21+,22-;/m0./s1. The monoisotopic (exact) mass is 983 g/mol.